The number of aromatic nitrogens is 1. The number of halogens is 1. The van der Waals surface area contributed by atoms with Gasteiger partial charge in [0.1, 0.15) is 5.15 Å². The largest absolute Gasteiger partial charge is 0.478 e. The molecule has 0 amide bonds. The van der Waals surface area contributed by atoms with E-state index in [1.807, 2.05) is 0 Å². The quantitative estimate of drug-likeness (QED) is 0.596. The molecule has 1 rings (SSSR count). The van der Waals surface area contributed by atoms with Crippen LogP contribution in [-0.2, 0) is 0 Å². The molecule has 1 N–H and O–H groups in total. The minimum absolute atomic E-state index is 0.0633. The highest BCUT2D eigenvalue weighted by atomic mass is 35.5. The van der Waals surface area contributed by atoms with E-state index in [0.717, 1.165) is 0 Å². The molecule has 14 heavy (non-hydrogen) atoms. The van der Waals surface area contributed by atoms with Crippen LogP contribution < -0.4 is 0 Å². The molecule has 0 aliphatic rings. The molecule has 0 aliphatic heterocycles. The highest BCUT2D eigenvalue weighted by Gasteiger charge is 2.09. The van der Waals surface area contributed by atoms with Gasteiger partial charge in [0.15, 0.2) is 0 Å². The molecule has 1 aromatic heterocycles. The van der Waals surface area contributed by atoms with Crippen molar-refractivity contribution in [1.29, 1.82) is 5.26 Å². The highest BCUT2D eigenvalue weighted by Crippen LogP contribution is 2.14. The van der Waals surface area contributed by atoms with Gasteiger partial charge in [0.05, 0.1) is 11.6 Å². The Balaban J connectivity index is 3.14. The molecule has 4 nitrogen and oxygen atoms in total. The Morgan fingerprint density at radius 3 is 3.00 bits per heavy atom. The van der Waals surface area contributed by atoms with Crippen molar-refractivity contribution >= 4 is 23.6 Å². The molecular weight excluding hydrogens is 204 g/mol. The van der Waals surface area contributed by atoms with Crippen molar-refractivity contribution in [3.8, 4) is 6.07 Å². The Bertz CT molecular complexity index is 435. The summed E-state index contributed by atoms with van der Waals surface area (Å²) in [6.45, 7) is 0. The molecule has 0 radical (unpaired) electrons. The second-order valence-electron chi connectivity index (χ2n) is 2.37. The molecule has 0 aliphatic carbocycles. The predicted molar refractivity (Wildman–Crippen MR) is 50.9 cm³/mol. The van der Waals surface area contributed by atoms with Crippen LogP contribution in [0.15, 0.2) is 18.3 Å². The Labute approximate surface area is 85.1 Å². The summed E-state index contributed by atoms with van der Waals surface area (Å²) in [6, 6.07) is 3.14. The summed E-state index contributed by atoms with van der Waals surface area (Å²) in [4.78, 5) is 14.3. The van der Waals surface area contributed by atoms with E-state index in [4.69, 9.17) is 22.0 Å². The summed E-state index contributed by atoms with van der Waals surface area (Å²) in [5.74, 6) is -1.14. The second kappa shape index (κ2) is 4.40. The van der Waals surface area contributed by atoms with E-state index in [-0.39, 0.29) is 10.7 Å². The Morgan fingerprint density at radius 1 is 1.71 bits per heavy atom. The lowest BCUT2D eigenvalue weighted by Crippen LogP contribution is -1.99. The normalized spacial score (nSPS) is 10.0. The first-order valence-electron chi connectivity index (χ1n) is 3.60. The summed E-state index contributed by atoms with van der Waals surface area (Å²) >= 11 is 5.54. The fourth-order valence-corrected chi connectivity index (χ4v) is 1.02. The second-order valence-corrected chi connectivity index (χ2v) is 2.73. The molecule has 70 valence electrons. The van der Waals surface area contributed by atoms with Gasteiger partial charge in [-0.05, 0) is 17.7 Å². The van der Waals surface area contributed by atoms with Gasteiger partial charge in [-0.2, -0.15) is 5.26 Å². The molecule has 0 fully saturated rings. The van der Waals surface area contributed by atoms with Crippen LogP contribution in [0.25, 0.3) is 6.08 Å². The van der Waals surface area contributed by atoms with Crippen LogP contribution in [0.4, 0.5) is 0 Å². The van der Waals surface area contributed by atoms with Gasteiger partial charge in [0, 0.05) is 12.3 Å². The van der Waals surface area contributed by atoms with Crippen LogP contribution >= 0.6 is 11.6 Å². The SMILES string of the molecule is N#CC=Cc1cnc(Cl)c(C(=O)O)c1. The standard InChI is InChI=1S/C9H5ClN2O2/c10-8-7(9(13)14)4-6(5-12-8)2-1-3-11/h1-2,4-5H,(H,13,14). The smallest absolute Gasteiger partial charge is 0.338 e. The van der Waals surface area contributed by atoms with Crippen LogP contribution in [0.2, 0.25) is 5.15 Å². The van der Waals surface area contributed by atoms with Crippen molar-refractivity contribution in [1.82, 2.24) is 4.98 Å². The number of allylic oxidation sites excluding steroid dienone is 1. The number of hydrogen-bond donors (Lipinski definition) is 1. The number of nitrogens with zero attached hydrogens (tertiary/aromatic N) is 2. The average molecular weight is 209 g/mol. The number of nitriles is 1. The third kappa shape index (κ3) is 2.31. The predicted octanol–water partition coefficient (Wildman–Crippen LogP) is 1.97. The zero-order valence-corrected chi connectivity index (χ0v) is 7.69. The zero-order chi connectivity index (χ0) is 10.6. The van der Waals surface area contributed by atoms with Crippen molar-refractivity contribution in [3.05, 3.63) is 34.6 Å². The van der Waals surface area contributed by atoms with Crippen LogP contribution in [0.5, 0.6) is 0 Å². The van der Waals surface area contributed by atoms with Gasteiger partial charge in [-0.1, -0.05) is 11.6 Å². The summed E-state index contributed by atoms with van der Waals surface area (Å²) in [5.41, 5.74) is 0.445. The first-order chi connectivity index (χ1) is 6.65. The number of carbonyl (C=O) groups is 1. The van der Waals surface area contributed by atoms with Crippen molar-refractivity contribution in [3.63, 3.8) is 0 Å². The fraction of sp³-hybridized carbons (Fsp3) is 0. The first-order valence-corrected chi connectivity index (χ1v) is 3.98. The maximum absolute atomic E-state index is 10.6. The first kappa shape index (κ1) is 10.2. The molecule has 0 bridgehead atoms. The van der Waals surface area contributed by atoms with Crippen molar-refractivity contribution < 1.29 is 9.90 Å². The van der Waals surface area contributed by atoms with Crippen molar-refractivity contribution in [2.24, 2.45) is 0 Å². The maximum atomic E-state index is 10.6. The molecule has 1 aromatic rings. The number of pyridine rings is 1. The van der Waals surface area contributed by atoms with Gasteiger partial charge in [0.2, 0.25) is 0 Å². The molecule has 0 aromatic carbocycles. The number of carboxylic acid groups (broad SMARTS) is 1. The zero-order valence-electron chi connectivity index (χ0n) is 6.94. The summed E-state index contributed by atoms with van der Waals surface area (Å²) in [5, 5.41) is 16.9. The monoisotopic (exact) mass is 208 g/mol. The van der Waals surface area contributed by atoms with Crippen LogP contribution in [0.3, 0.4) is 0 Å². The van der Waals surface area contributed by atoms with E-state index in [2.05, 4.69) is 4.98 Å². The van der Waals surface area contributed by atoms with E-state index in [0.29, 0.717) is 5.56 Å². The number of hydrogen-bond acceptors (Lipinski definition) is 3. The topological polar surface area (TPSA) is 74.0 Å². The number of aromatic carboxylic acids is 1. The van der Waals surface area contributed by atoms with Gasteiger partial charge >= 0.3 is 5.97 Å². The average Bonchev–Trinajstić information content (AvgIpc) is 2.16. The molecule has 5 heteroatoms. The van der Waals surface area contributed by atoms with Gasteiger partial charge in [-0.15, -0.1) is 0 Å². The minimum atomic E-state index is -1.14. The molecule has 0 atom stereocenters. The molecule has 1 heterocycles. The van der Waals surface area contributed by atoms with Gasteiger partial charge in [-0.3, -0.25) is 0 Å². The Morgan fingerprint density at radius 2 is 2.43 bits per heavy atom. The lowest BCUT2D eigenvalue weighted by atomic mass is 10.2. The van der Waals surface area contributed by atoms with E-state index < -0.39 is 5.97 Å². The lowest BCUT2D eigenvalue weighted by Gasteiger charge is -1.98. The third-order valence-corrected chi connectivity index (χ3v) is 1.74. The summed E-state index contributed by atoms with van der Waals surface area (Å²) < 4.78 is 0. The van der Waals surface area contributed by atoms with Crippen molar-refractivity contribution in [2.45, 2.75) is 0 Å². The molecule has 0 saturated carbocycles. The highest BCUT2D eigenvalue weighted by molar-refractivity contribution is 6.32. The fourth-order valence-electron chi connectivity index (χ4n) is 0.839. The summed E-state index contributed by atoms with van der Waals surface area (Å²) in [7, 11) is 0. The number of rotatable bonds is 2. The molecule has 0 unspecified atom stereocenters. The molecule has 0 saturated heterocycles. The van der Waals surface area contributed by atoms with Crippen LogP contribution in [-0.4, -0.2) is 16.1 Å². The maximum Gasteiger partial charge on any atom is 0.338 e. The van der Waals surface area contributed by atoms with Gasteiger partial charge in [0.25, 0.3) is 0 Å². The van der Waals surface area contributed by atoms with E-state index in [9.17, 15) is 4.79 Å². The Kier molecular flexibility index (Phi) is 3.21. The van der Waals surface area contributed by atoms with Gasteiger partial charge in [-0.25, -0.2) is 9.78 Å². The van der Waals surface area contributed by atoms with Crippen LogP contribution in [0, 0.1) is 11.3 Å². The summed E-state index contributed by atoms with van der Waals surface area (Å²) in [6.07, 6.45) is 4.08. The van der Waals surface area contributed by atoms with E-state index >= 15 is 0 Å². The Hall–Kier alpha value is -1.86. The molecule has 0 spiro atoms. The van der Waals surface area contributed by atoms with Crippen LogP contribution in [0.1, 0.15) is 15.9 Å². The molecular formula is C9H5ClN2O2. The lowest BCUT2D eigenvalue weighted by molar-refractivity contribution is 0.0696. The van der Waals surface area contributed by atoms with E-state index in [1.54, 1.807) is 6.07 Å². The minimum Gasteiger partial charge on any atom is -0.478 e. The number of carboxylic acids is 1. The van der Waals surface area contributed by atoms with Crippen molar-refractivity contribution in [2.75, 3.05) is 0 Å². The van der Waals surface area contributed by atoms with Gasteiger partial charge < -0.3 is 5.11 Å². The van der Waals surface area contributed by atoms with E-state index in [1.165, 1.54) is 24.4 Å². The third-order valence-electron chi connectivity index (χ3n) is 1.44.